The molecule has 0 aliphatic carbocycles. The first-order valence-electron chi connectivity index (χ1n) is 1.69. The van der Waals surface area contributed by atoms with Gasteiger partial charge in [0, 0.05) is 0 Å². The van der Waals surface area contributed by atoms with Gasteiger partial charge in [-0.3, -0.25) is 0 Å². The number of furan rings is 1. The molecule has 0 aliphatic rings. The van der Waals surface area contributed by atoms with Crippen molar-refractivity contribution < 1.29 is 4.42 Å². The van der Waals surface area contributed by atoms with Crippen molar-refractivity contribution in [2.75, 3.05) is 0 Å². The number of halogens is 2. The second-order valence-electron chi connectivity index (χ2n) is 1.04. The van der Waals surface area contributed by atoms with Gasteiger partial charge >= 0.3 is 0 Å². The van der Waals surface area contributed by atoms with Gasteiger partial charge in [-0.1, -0.05) is 0 Å². The summed E-state index contributed by atoms with van der Waals surface area (Å²) in [5, 5.41) is 0. The zero-order valence-corrected chi connectivity index (χ0v) is 7.20. The molecule has 1 rings (SSSR count). The highest BCUT2D eigenvalue weighted by Gasteiger charge is 1.93. The molecule has 0 saturated carbocycles. The molecule has 0 aliphatic heterocycles. The molecule has 0 aromatic carbocycles. The minimum Gasteiger partial charge on any atom is -0.456 e. The zero-order chi connectivity index (χ0) is 5.28. The average molecular weight is 243 g/mol. The first-order chi connectivity index (χ1) is 3.30. The van der Waals surface area contributed by atoms with Crippen LogP contribution in [0.15, 0.2) is 25.9 Å². The van der Waals surface area contributed by atoms with E-state index in [9.17, 15) is 0 Å². The van der Waals surface area contributed by atoms with E-state index in [0.717, 1.165) is 9.14 Å². The highest BCUT2D eigenvalue weighted by Crippen LogP contribution is 2.22. The first-order valence-corrected chi connectivity index (χ1v) is 3.28. The van der Waals surface area contributed by atoms with E-state index < -0.39 is 0 Å². The lowest BCUT2D eigenvalue weighted by Crippen LogP contribution is -1.46. The molecule has 0 atom stereocenters. The minimum absolute atomic E-state index is 0. The molecule has 1 heterocycles. The predicted octanol–water partition coefficient (Wildman–Crippen LogP) is 2.97. The van der Waals surface area contributed by atoms with Crippen molar-refractivity contribution in [3.8, 4) is 0 Å². The average Bonchev–Trinajstić information content (AvgIpc) is 1.91. The lowest BCUT2D eigenvalue weighted by atomic mass is 10.7. The fourth-order valence-corrected chi connectivity index (χ4v) is 0.717. The van der Waals surface area contributed by atoms with Crippen molar-refractivity contribution in [1.82, 2.24) is 6.15 Å². The largest absolute Gasteiger partial charge is 0.456 e. The maximum atomic E-state index is 4.83. The number of hydrogen-bond donors (Lipinski definition) is 1. The van der Waals surface area contributed by atoms with Crippen LogP contribution in [-0.2, 0) is 0 Å². The Bertz CT molecular complexity index is 146. The Balaban J connectivity index is 0.000000490. The summed E-state index contributed by atoms with van der Waals surface area (Å²) >= 11 is 6.38. The van der Waals surface area contributed by atoms with Crippen LogP contribution in [0.25, 0.3) is 0 Å². The van der Waals surface area contributed by atoms with Gasteiger partial charge < -0.3 is 10.6 Å². The van der Waals surface area contributed by atoms with Crippen LogP contribution in [0.5, 0.6) is 0 Å². The maximum Gasteiger partial charge on any atom is 0.183 e. The molecule has 0 bridgehead atoms. The van der Waals surface area contributed by atoms with Gasteiger partial charge in [0.1, 0.15) is 0 Å². The lowest BCUT2D eigenvalue weighted by molar-refractivity contribution is 0.539. The monoisotopic (exact) mass is 241 g/mol. The number of rotatable bonds is 0. The van der Waals surface area contributed by atoms with E-state index in [2.05, 4.69) is 31.9 Å². The van der Waals surface area contributed by atoms with Gasteiger partial charge in [0.15, 0.2) is 4.67 Å². The summed E-state index contributed by atoms with van der Waals surface area (Å²) in [6.07, 6.45) is 1.61. The van der Waals surface area contributed by atoms with E-state index in [1.165, 1.54) is 0 Å². The summed E-state index contributed by atoms with van der Waals surface area (Å²) in [6, 6.07) is 1.82. The second-order valence-corrected chi connectivity index (χ2v) is 2.62. The van der Waals surface area contributed by atoms with Gasteiger partial charge in [0.05, 0.1) is 10.7 Å². The van der Waals surface area contributed by atoms with Crippen LogP contribution in [0, 0.1) is 0 Å². The predicted molar refractivity (Wildman–Crippen MR) is 39.1 cm³/mol. The summed E-state index contributed by atoms with van der Waals surface area (Å²) in [5.74, 6) is 0. The summed E-state index contributed by atoms with van der Waals surface area (Å²) in [4.78, 5) is 0. The quantitative estimate of drug-likeness (QED) is 0.761. The molecule has 8 heavy (non-hydrogen) atoms. The van der Waals surface area contributed by atoms with E-state index in [4.69, 9.17) is 4.42 Å². The fraction of sp³-hybridized carbons (Fsp3) is 0. The maximum absolute atomic E-state index is 4.83. The first kappa shape index (κ1) is 8.20. The molecule has 0 fully saturated rings. The van der Waals surface area contributed by atoms with Crippen LogP contribution in [0.3, 0.4) is 0 Å². The van der Waals surface area contributed by atoms with E-state index in [1.54, 1.807) is 6.26 Å². The molecule has 1 aromatic heterocycles. The molecule has 4 heteroatoms. The lowest BCUT2D eigenvalue weighted by Gasteiger charge is -1.74. The molecule has 0 saturated heterocycles. The van der Waals surface area contributed by atoms with Crippen LogP contribution >= 0.6 is 31.9 Å². The van der Waals surface area contributed by atoms with E-state index in [0.29, 0.717) is 0 Å². The second kappa shape index (κ2) is 3.27. The highest BCUT2D eigenvalue weighted by atomic mass is 79.9. The van der Waals surface area contributed by atoms with E-state index in [1.807, 2.05) is 6.07 Å². The molecule has 2 nitrogen and oxygen atoms in total. The van der Waals surface area contributed by atoms with Gasteiger partial charge in [-0.2, -0.15) is 0 Å². The summed E-state index contributed by atoms with van der Waals surface area (Å²) < 4.78 is 6.53. The summed E-state index contributed by atoms with van der Waals surface area (Å²) in [7, 11) is 0. The van der Waals surface area contributed by atoms with Crippen molar-refractivity contribution in [2.45, 2.75) is 0 Å². The van der Waals surface area contributed by atoms with Crippen molar-refractivity contribution >= 4 is 31.9 Å². The van der Waals surface area contributed by atoms with Crippen molar-refractivity contribution in [2.24, 2.45) is 0 Å². The Kier molecular flexibility index (Phi) is 3.35. The molecule has 0 spiro atoms. The normalized spacial score (nSPS) is 8.25. The Morgan fingerprint density at radius 1 is 1.38 bits per heavy atom. The standard InChI is InChI=1S/C4H2Br2O.H3N/c5-3-1-2-7-4(3)6;/h1-2H;1H3. The van der Waals surface area contributed by atoms with E-state index in [-0.39, 0.29) is 6.15 Å². The minimum atomic E-state index is 0. The Hall–Kier alpha value is 0.200. The molecule has 0 unspecified atom stereocenters. The molecular weight excluding hydrogens is 238 g/mol. The Morgan fingerprint density at radius 3 is 2.12 bits per heavy atom. The van der Waals surface area contributed by atoms with Crippen LogP contribution in [0.2, 0.25) is 0 Å². The molecule has 46 valence electrons. The SMILES string of the molecule is Brc1ccoc1Br.N. The van der Waals surface area contributed by atoms with Crippen molar-refractivity contribution in [1.29, 1.82) is 0 Å². The molecular formula is C4H5Br2NO. The van der Waals surface area contributed by atoms with Crippen molar-refractivity contribution in [3.05, 3.63) is 21.5 Å². The van der Waals surface area contributed by atoms with Crippen LogP contribution in [-0.4, -0.2) is 0 Å². The van der Waals surface area contributed by atoms with Crippen molar-refractivity contribution in [3.63, 3.8) is 0 Å². The smallest absolute Gasteiger partial charge is 0.183 e. The summed E-state index contributed by atoms with van der Waals surface area (Å²) in [6.45, 7) is 0. The molecule has 0 radical (unpaired) electrons. The Labute approximate surface area is 64.1 Å². The molecule has 0 amide bonds. The third kappa shape index (κ3) is 1.61. The van der Waals surface area contributed by atoms with Crippen LogP contribution in [0.1, 0.15) is 0 Å². The summed E-state index contributed by atoms with van der Waals surface area (Å²) in [5.41, 5.74) is 0. The fourth-order valence-electron chi connectivity index (χ4n) is 0.275. The Morgan fingerprint density at radius 2 is 2.00 bits per heavy atom. The number of hydrogen-bond acceptors (Lipinski definition) is 2. The zero-order valence-electron chi connectivity index (χ0n) is 4.03. The van der Waals surface area contributed by atoms with Crippen LogP contribution in [0.4, 0.5) is 0 Å². The highest BCUT2D eigenvalue weighted by molar-refractivity contribution is 9.13. The van der Waals surface area contributed by atoms with Gasteiger partial charge in [-0.15, -0.1) is 0 Å². The molecule has 1 aromatic rings. The van der Waals surface area contributed by atoms with Gasteiger partial charge in [0.2, 0.25) is 0 Å². The topological polar surface area (TPSA) is 48.1 Å². The molecule has 3 N–H and O–H groups in total. The third-order valence-corrected chi connectivity index (χ3v) is 2.34. The van der Waals surface area contributed by atoms with Gasteiger partial charge in [-0.25, -0.2) is 0 Å². The van der Waals surface area contributed by atoms with Gasteiger partial charge in [0.25, 0.3) is 0 Å². The third-order valence-electron chi connectivity index (χ3n) is 0.574. The van der Waals surface area contributed by atoms with Crippen LogP contribution < -0.4 is 6.15 Å². The van der Waals surface area contributed by atoms with Gasteiger partial charge in [-0.05, 0) is 37.9 Å². The van der Waals surface area contributed by atoms with E-state index >= 15 is 0 Å².